The largest absolute Gasteiger partial charge is 0.336 e. The van der Waals surface area contributed by atoms with Crippen molar-refractivity contribution in [1.82, 2.24) is 19.4 Å². The van der Waals surface area contributed by atoms with Gasteiger partial charge in [-0.05, 0) is 30.2 Å². The van der Waals surface area contributed by atoms with Crippen molar-refractivity contribution in [3.8, 4) is 0 Å². The Morgan fingerprint density at radius 2 is 2.29 bits per heavy atom. The van der Waals surface area contributed by atoms with Crippen molar-refractivity contribution in [2.24, 2.45) is 7.05 Å². The molecule has 0 N–H and O–H groups in total. The molecule has 0 saturated carbocycles. The van der Waals surface area contributed by atoms with E-state index < -0.39 is 0 Å². The van der Waals surface area contributed by atoms with E-state index in [4.69, 9.17) is 11.6 Å². The molecule has 3 rings (SSSR count). The van der Waals surface area contributed by atoms with E-state index in [1.165, 1.54) is 0 Å². The Labute approximate surface area is 128 Å². The average molecular weight is 305 g/mol. The Morgan fingerprint density at radius 1 is 1.43 bits per heavy atom. The third-order valence-corrected chi connectivity index (χ3v) is 4.21. The predicted octanol–water partition coefficient (Wildman–Crippen LogP) is 1.99. The minimum atomic E-state index is 0.156. The number of halogens is 1. The zero-order valence-electron chi connectivity index (χ0n) is 11.9. The summed E-state index contributed by atoms with van der Waals surface area (Å²) in [4.78, 5) is 22.8. The molecule has 1 aliphatic rings. The number of pyridine rings is 1. The topological polar surface area (TPSA) is 51.0 Å². The normalized spacial score (nSPS) is 14.1. The van der Waals surface area contributed by atoms with Gasteiger partial charge in [-0.3, -0.25) is 9.78 Å². The van der Waals surface area contributed by atoms with Crippen LogP contribution in [-0.2, 0) is 31.2 Å². The highest BCUT2D eigenvalue weighted by molar-refractivity contribution is 6.28. The van der Waals surface area contributed by atoms with Crippen molar-refractivity contribution in [3.05, 3.63) is 46.8 Å². The van der Waals surface area contributed by atoms with Gasteiger partial charge in [-0.2, -0.15) is 0 Å². The molecule has 21 heavy (non-hydrogen) atoms. The van der Waals surface area contributed by atoms with E-state index in [2.05, 4.69) is 9.97 Å². The molecule has 0 atom stereocenters. The van der Waals surface area contributed by atoms with Crippen LogP contribution in [0.25, 0.3) is 0 Å². The summed E-state index contributed by atoms with van der Waals surface area (Å²) in [6.45, 7) is 1.30. The molecule has 0 aromatic carbocycles. The summed E-state index contributed by atoms with van der Waals surface area (Å²) >= 11 is 6.03. The van der Waals surface area contributed by atoms with Crippen molar-refractivity contribution in [2.75, 3.05) is 6.54 Å². The second kappa shape index (κ2) is 5.85. The maximum atomic E-state index is 12.3. The summed E-state index contributed by atoms with van der Waals surface area (Å²) in [5.41, 5.74) is 3.00. The smallest absolute Gasteiger partial charge is 0.223 e. The molecule has 5 nitrogen and oxygen atoms in total. The quantitative estimate of drug-likeness (QED) is 0.871. The molecule has 1 aliphatic heterocycles. The van der Waals surface area contributed by atoms with Crippen LogP contribution in [0.4, 0.5) is 0 Å². The van der Waals surface area contributed by atoms with E-state index in [0.717, 1.165) is 23.5 Å². The first-order valence-electron chi connectivity index (χ1n) is 7.03. The lowest BCUT2D eigenvalue weighted by Gasteiger charge is -2.27. The summed E-state index contributed by atoms with van der Waals surface area (Å²) in [5, 5.41) is 0.489. The molecule has 2 aromatic rings. The Bertz CT molecular complexity index is 653. The first-order valence-corrected chi connectivity index (χ1v) is 7.40. The fourth-order valence-corrected chi connectivity index (χ4v) is 2.81. The molecule has 0 saturated heterocycles. The molecule has 0 aliphatic carbocycles. The number of carbonyl (C=O) groups excluding carboxylic acids is 1. The van der Waals surface area contributed by atoms with Crippen LogP contribution in [0.5, 0.6) is 0 Å². The lowest BCUT2D eigenvalue weighted by Crippen LogP contribution is -2.36. The van der Waals surface area contributed by atoms with Crippen LogP contribution >= 0.6 is 11.6 Å². The third kappa shape index (κ3) is 2.93. The van der Waals surface area contributed by atoms with Crippen LogP contribution in [0.2, 0.25) is 5.28 Å². The number of fused-ring (bicyclic) bond motifs is 1. The molecule has 0 radical (unpaired) electrons. The monoisotopic (exact) mass is 304 g/mol. The number of rotatable bonds is 3. The molecule has 3 heterocycles. The Balaban J connectivity index is 1.63. The van der Waals surface area contributed by atoms with Gasteiger partial charge in [-0.1, -0.05) is 6.07 Å². The minimum absolute atomic E-state index is 0.156. The molecule has 0 fully saturated rings. The number of aryl methyl sites for hydroxylation is 1. The first kappa shape index (κ1) is 14.1. The third-order valence-electron chi connectivity index (χ3n) is 3.87. The van der Waals surface area contributed by atoms with Gasteiger partial charge < -0.3 is 9.47 Å². The average Bonchev–Trinajstić information content (AvgIpc) is 2.80. The Kier molecular flexibility index (Phi) is 3.92. The maximum Gasteiger partial charge on any atom is 0.223 e. The summed E-state index contributed by atoms with van der Waals surface area (Å²) in [6.07, 6.45) is 3.68. The predicted molar refractivity (Wildman–Crippen MR) is 79.9 cm³/mol. The fraction of sp³-hybridized carbons (Fsp3) is 0.400. The highest BCUT2D eigenvalue weighted by atomic mass is 35.5. The molecular formula is C15H17ClN4O. The van der Waals surface area contributed by atoms with Gasteiger partial charge in [-0.15, -0.1) is 0 Å². The minimum Gasteiger partial charge on any atom is -0.336 e. The molecule has 0 spiro atoms. The van der Waals surface area contributed by atoms with E-state index >= 15 is 0 Å². The highest BCUT2D eigenvalue weighted by Crippen LogP contribution is 2.22. The second-order valence-corrected chi connectivity index (χ2v) is 5.56. The summed E-state index contributed by atoms with van der Waals surface area (Å²) in [7, 11) is 1.88. The van der Waals surface area contributed by atoms with E-state index in [9.17, 15) is 4.79 Å². The standard InChI is InChI=1S/C15H17ClN4O/c1-19-13-10-20(9-7-12(13)18-15(19)16)14(21)6-5-11-4-2-3-8-17-11/h2-4,8H,5-7,9-10H2,1H3. The number of carbonyl (C=O) groups is 1. The maximum absolute atomic E-state index is 12.3. The van der Waals surface area contributed by atoms with Crippen LogP contribution in [0, 0.1) is 0 Å². The number of amides is 1. The number of hydrogen-bond donors (Lipinski definition) is 0. The second-order valence-electron chi connectivity index (χ2n) is 5.22. The van der Waals surface area contributed by atoms with Crippen molar-refractivity contribution in [1.29, 1.82) is 0 Å². The number of nitrogens with zero attached hydrogens (tertiary/aromatic N) is 4. The number of imidazole rings is 1. The lowest BCUT2D eigenvalue weighted by atomic mass is 10.1. The summed E-state index contributed by atoms with van der Waals surface area (Å²) < 4.78 is 1.86. The van der Waals surface area contributed by atoms with Gasteiger partial charge in [0.05, 0.1) is 17.9 Å². The highest BCUT2D eigenvalue weighted by Gasteiger charge is 2.25. The zero-order chi connectivity index (χ0) is 14.8. The van der Waals surface area contributed by atoms with Gasteiger partial charge in [0.25, 0.3) is 0 Å². The van der Waals surface area contributed by atoms with Crippen LogP contribution in [0.3, 0.4) is 0 Å². The molecule has 6 heteroatoms. The molecule has 2 aromatic heterocycles. The molecule has 0 unspecified atom stereocenters. The molecule has 110 valence electrons. The fourth-order valence-electron chi connectivity index (χ4n) is 2.61. The summed E-state index contributed by atoms with van der Waals surface area (Å²) in [6, 6.07) is 5.77. The van der Waals surface area contributed by atoms with Crippen LogP contribution < -0.4 is 0 Å². The molecule has 1 amide bonds. The van der Waals surface area contributed by atoms with Crippen molar-refractivity contribution in [2.45, 2.75) is 25.8 Å². The molecule has 0 bridgehead atoms. The van der Waals surface area contributed by atoms with Crippen LogP contribution in [-0.4, -0.2) is 31.9 Å². The van der Waals surface area contributed by atoms with Crippen LogP contribution in [0.15, 0.2) is 24.4 Å². The van der Waals surface area contributed by atoms with Gasteiger partial charge in [0.1, 0.15) is 0 Å². The van der Waals surface area contributed by atoms with E-state index in [1.54, 1.807) is 6.20 Å². The first-order chi connectivity index (χ1) is 10.1. The zero-order valence-corrected chi connectivity index (χ0v) is 12.7. The van der Waals surface area contributed by atoms with Crippen molar-refractivity contribution in [3.63, 3.8) is 0 Å². The van der Waals surface area contributed by atoms with Gasteiger partial charge in [0, 0.05) is 38.3 Å². The van der Waals surface area contributed by atoms with Gasteiger partial charge >= 0.3 is 0 Å². The van der Waals surface area contributed by atoms with Crippen molar-refractivity contribution >= 4 is 17.5 Å². The lowest BCUT2D eigenvalue weighted by molar-refractivity contribution is -0.132. The van der Waals surface area contributed by atoms with Gasteiger partial charge in [0.2, 0.25) is 11.2 Å². The number of aromatic nitrogens is 3. The van der Waals surface area contributed by atoms with E-state index in [-0.39, 0.29) is 5.91 Å². The van der Waals surface area contributed by atoms with Crippen molar-refractivity contribution < 1.29 is 4.79 Å². The molecular weight excluding hydrogens is 288 g/mol. The number of hydrogen-bond acceptors (Lipinski definition) is 3. The Morgan fingerprint density at radius 3 is 3.05 bits per heavy atom. The summed E-state index contributed by atoms with van der Waals surface area (Å²) in [5.74, 6) is 0.156. The van der Waals surface area contributed by atoms with E-state index in [0.29, 0.717) is 31.2 Å². The van der Waals surface area contributed by atoms with Gasteiger partial charge in [0.15, 0.2) is 0 Å². The van der Waals surface area contributed by atoms with E-state index in [1.807, 2.05) is 34.7 Å². The van der Waals surface area contributed by atoms with Crippen LogP contribution in [0.1, 0.15) is 23.5 Å². The van der Waals surface area contributed by atoms with Gasteiger partial charge in [-0.25, -0.2) is 4.98 Å². The Hall–Kier alpha value is -1.88. The SMILES string of the molecule is Cn1c(Cl)nc2c1CN(C(=O)CCc1ccccn1)CC2.